The Morgan fingerprint density at radius 1 is 1.38 bits per heavy atom. The van der Waals surface area contributed by atoms with E-state index in [1.165, 1.54) is 6.42 Å². The Morgan fingerprint density at radius 3 is 2.76 bits per heavy atom. The van der Waals surface area contributed by atoms with Crippen molar-refractivity contribution in [1.82, 2.24) is 9.80 Å². The van der Waals surface area contributed by atoms with Crippen LogP contribution in [0.25, 0.3) is 0 Å². The Kier molecular flexibility index (Phi) is 5.03. The van der Waals surface area contributed by atoms with Crippen LogP contribution >= 0.6 is 0 Å². The van der Waals surface area contributed by atoms with Gasteiger partial charge in [-0.2, -0.15) is 0 Å². The first-order chi connectivity index (χ1) is 10.1. The summed E-state index contributed by atoms with van der Waals surface area (Å²) < 4.78 is 0. The van der Waals surface area contributed by atoms with Gasteiger partial charge in [0, 0.05) is 32.2 Å². The van der Waals surface area contributed by atoms with Gasteiger partial charge in [0.25, 0.3) is 0 Å². The van der Waals surface area contributed by atoms with Gasteiger partial charge in [0.2, 0.25) is 0 Å². The van der Waals surface area contributed by atoms with Gasteiger partial charge in [-0.25, -0.2) is 4.79 Å². The largest absolute Gasteiger partial charge is 0.409 e. The standard InChI is InChI=1S/C15H22N4O2/c1-18(15(20)19-8-3-2-4-9-19)11-12-6-5-7-13(10-12)14(16)17-21/h5-7,10,21H,2-4,8-9,11H2,1H3,(H2,16,17). The molecule has 0 radical (unpaired) electrons. The number of piperidine rings is 1. The molecule has 1 aliphatic rings. The van der Waals surface area contributed by atoms with Crippen molar-refractivity contribution in [2.24, 2.45) is 10.9 Å². The molecule has 0 unspecified atom stereocenters. The van der Waals surface area contributed by atoms with Crippen molar-refractivity contribution >= 4 is 11.9 Å². The van der Waals surface area contributed by atoms with Crippen molar-refractivity contribution in [3.8, 4) is 0 Å². The van der Waals surface area contributed by atoms with Crippen LogP contribution in [0, 0.1) is 0 Å². The van der Waals surface area contributed by atoms with E-state index in [0.717, 1.165) is 31.5 Å². The zero-order valence-electron chi connectivity index (χ0n) is 12.3. The zero-order chi connectivity index (χ0) is 15.2. The van der Waals surface area contributed by atoms with Gasteiger partial charge in [0.05, 0.1) is 0 Å². The molecule has 2 amide bonds. The summed E-state index contributed by atoms with van der Waals surface area (Å²) in [6, 6.07) is 7.42. The molecular weight excluding hydrogens is 268 g/mol. The maximum Gasteiger partial charge on any atom is 0.320 e. The van der Waals surface area contributed by atoms with Crippen LogP contribution in [0.1, 0.15) is 30.4 Å². The number of oxime groups is 1. The van der Waals surface area contributed by atoms with E-state index in [9.17, 15) is 4.79 Å². The second-order valence-electron chi connectivity index (χ2n) is 5.37. The third kappa shape index (κ3) is 3.87. The fraction of sp³-hybridized carbons (Fsp3) is 0.467. The van der Waals surface area contributed by atoms with Crippen LogP contribution in [0.2, 0.25) is 0 Å². The van der Waals surface area contributed by atoms with Crippen LogP contribution < -0.4 is 5.73 Å². The maximum atomic E-state index is 12.3. The van der Waals surface area contributed by atoms with Crippen molar-refractivity contribution in [3.63, 3.8) is 0 Å². The van der Waals surface area contributed by atoms with E-state index in [1.807, 2.05) is 23.1 Å². The lowest BCUT2D eigenvalue weighted by molar-refractivity contribution is 0.151. The highest BCUT2D eigenvalue weighted by molar-refractivity contribution is 5.97. The number of likely N-dealkylation sites (tertiary alicyclic amines) is 1. The normalized spacial score (nSPS) is 15.9. The second-order valence-corrected chi connectivity index (χ2v) is 5.37. The molecule has 1 aromatic rings. The summed E-state index contributed by atoms with van der Waals surface area (Å²) in [4.78, 5) is 15.9. The third-order valence-corrected chi connectivity index (χ3v) is 3.70. The van der Waals surface area contributed by atoms with E-state index in [1.54, 1.807) is 18.0 Å². The number of amides is 2. The van der Waals surface area contributed by atoms with Gasteiger partial charge >= 0.3 is 6.03 Å². The second kappa shape index (κ2) is 6.97. The lowest BCUT2D eigenvalue weighted by Crippen LogP contribution is -2.43. The van der Waals surface area contributed by atoms with Crippen LogP contribution in [-0.2, 0) is 6.54 Å². The molecule has 0 bridgehead atoms. The van der Waals surface area contributed by atoms with Crippen molar-refractivity contribution < 1.29 is 10.0 Å². The van der Waals surface area contributed by atoms with E-state index >= 15 is 0 Å². The lowest BCUT2D eigenvalue weighted by atomic mass is 10.1. The summed E-state index contributed by atoms with van der Waals surface area (Å²) in [6.45, 7) is 2.18. The quantitative estimate of drug-likeness (QED) is 0.385. The molecule has 1 aliphatic heterocycles. The molecule has 1 aromatic carbocycles. The van der Waals surface area contributed by atoms with E-state index in [2.05, 4.69) is 5.16 Å². The smallest absolute Gasteiger partial charge is 0.320 e. The molecule has 1 heterocycles. The average Bonchev–Trinajstić information content (AvgIpc) is 2.54. The summed E-state index contributed by atoms with van der Waals surface area (Å²) in [5, 5.41) is 11.7. The van der Waals surface area contributed by atoms with Crippen molar-refractivity contribution in [2.45, 2.75) is 25.8 Å². The van der Waals surface area contributed by atoms with Crippen LogP contribution in [0.5, 0.6) is 0 Å². The van der Waals surface area contributed by atoms with Crippen molar-refractivity contribution in [1.29, 1.82) is 0 Å². The number of urea groups is 1. The van der Waals surface area contributed by atoms with Crippen LogP contribution in [0.3, 0.4) is 0 Å². The molecule has 1 saturated heterocycles. The van der Waals surface area contributed by atoms with Gasteiger partial charge in [-0.05, 0) is 30.9 Å². The van der Waals surface area contributed by atoms with Gasteiger partial charge in [-0.15, -0.1) is 0 Å². The topological polar surface area (TPSA) is 82.2 Å². The number of nitrogens with two attached hydrogens (primary N) is 1. The van der Waals surface area contributed by atoms with Gasteiger partial charge in [0.1, 0.15) is 0 Å². The number of nitrogens with zero attached hydrogens (tertiary/aromatic N) is 3. The Morgan fingerprint density at radius 2 is 2.10 bits per heavy atom. The molecular formula is C15H22N4O2. The molecule has 0 aromatic heterocycles. The molecule has 6 heteroatoms. The molecule has 2 rings (SSSR count). The molecule has 21 heavy (non-hydrogen) atoms. The molecule has 0 spiro atoms. The van der Waals surface area contributed by atoms with Crippen molar-refractivity contribution in [3.05, 3.63) is 35.4 Å². The summed E-state index contributed by atoms with van der Waals surface area (Å²) in [5.41, 5.74) is 7.18. The minimum atomic E-state index is 0.0592. The fourth-order valence-electron chi connectivity index (χ4n) is 2.55. The number of carbonyl (C=O) groups is 1. The molecule has 3 N–H and O–H groups in total. The van der Waals surface area contributed by atoms with E-state index < -0.39 is 0 Å². The van der Waals surface area contributed by atoms with E-state index in [-0.39, 0.29) is 11.9 Å². The number of hydrogen-bond donors (Lipinski definition) is 2. The summed E-state index contributed by atoms with van der Waals surface area (Å²) >= 11 is 0. The maximum absolute atomic E-state index is 12.3. The Bertz CT molecular complexity index is 524. The SMILES string of the molecule is CN(Cc1cccc(C(N)=NO)c1)C(=O)N1CCCCC1. The minimum absolute atomic E-state index is 0.0592. The predicted molar refractivity (Wildman–Crippen MR) is 81.2 cm³/mol. The first kappa shape index (κ1) is 15.2. The number of benzene rings is 1. The average molecular weight is 290 g/mol. The Hall–Kier alpha value is -2.24. The predicted octanol–water partition coefficient (Wildman–Crippen LogP) is 1.82. The summed E-state index contributed by atoms with van der Waals surface area (Å²) in [7, 11) is 1.80. The highest BCUT2D eigenvalue weighted by atomic mass is 16.4. The van der Waals surface area contributed by atoms with Gasteiger partial charge < -0.3 is 20.7 Å². The molecule has 0 atom stereocenters. The molecule has 0 aliphatic carbocycles. The third-order valence-electron chi connectivity index (χ3n) is 3.70. The van der Waals surface area contributed by atoms with E-state index in [4.69, 9.17) is 10.9 Å². The molecule has 6 nitrogen and oxygen atoms in total. The summed E-state index contributed by atoms with van der Waals surface area (Å²) in [5.74, 6) is 0.0712. The van der Waals surface area contributed by atoms with Gasteiger partial charge in [0.15, 0.2) is 5.84 Å². The molecule has 0 saturated carbocycles. The van der Waals surface area contributed by atoms with Crippen LogP contribution in [0.15, 0.2) is 29.4 Å². The first-order valence-corrected chi connectivity index (χ1v) is 7.18. The Labute approximate surface area is 124 Å². The van der Waals surface area contributed by atoms with Gasteiger partial charge in [-0.1, -0.05) is 23.4 Å². The van der Waals surface area contributed by atoms with Crippen LogP contribution in [0.4, 0.5) is 4.79 Å². The monoisotopic (exact) mass is 290 g/mol. The number of amidine groups is 1. The first-order valence-electron chi connectivity index (χ1n) is 7.18. The van der Waals surface area contributed by atoms with Crippen LogP contribution in [-0.4, -0.2) is 47.0 Å². The Balaban J connectivity index is 2.01. The van der Waals surface area contributed by atoms with Crippen molar-refractivity contribution in [2.75, 3.05) is 20.1 Å². The lowest BCUT2D eigenvalue weighted by Gasteiger charge is -2.31. The summed E-state index contributed by atoms with van der Waals surface area (Å²) in [6.07, 6.45) is 3.37. The number of carbonyl (C=O) groups excluding carboxylic acids is 1. The molecule has 1 fully saturated rings. The minimum Gasteiger partial charge on any atom is -0.409 e. The fourth-order valence-corrected chi connectivity index (χ4v) is 2.55. The van der Waals surface area contributed by atoms with E-state index in [0.29, 0.717) is 12.1 Å². The number of hydrogen-bond acceptors (Lipinski definition) is 3. The highest BCUT2D eigenvalue weighted by Crippen LogP contribution is 2.13. The zero-order valence-corrected chi connectivity index (χ0v) is 12.3. The number of rotatable bonds is 3. The van der Waals surface area contributed by atoms with Gasteiger partial charge in [-0.3, -0.25) is 0 Å². The molecule has 114 valence electrons. The highest BCUT2D eigenvalue weighted by Gasteiger charge is 2.20.